The average Bonchev–Trinajstić information content (AvgIpc) is 2.87. The van der Waals surface area contributed by atoms with Crippen molar-refractivity contribution in [1.82, 2.24) is 14.9 Å². The van der Waals surface area contributed by atoms with Crippen LogP contribution in [0.3, 0.4) is 0 Å². The number of piperidine rings is 1. The smallest absolute Gasteiger partial charge is 0.233 e. The quantitative estimate of drug-likeness (QED) is 0.675. The lowest BCUT2D eigenvalue weighted by Gasteiger charge is -2.30. The molecule has 1 aromatic carbocycles. The number of aromatic nitrogens is 2. The molecular formula is C15H20N4OS. The molecule has 0 radical (unpaired) electrons. The Balaban J connectivity index is 1.59. The Morgan fingerprint density at radius 1 is 1.48 bits per heavy atom. The molecule has 1 aliphatic heterocycles. The molecule has 1 saturated heterocycles. The number of hydrogen-bond acceptors (Lipinski definition) is 4. The number of nitrogens with two attached hydrogens (primary N) is 1. The maximum Gasteiger partial charge on any atom is 0.233 e. The van der Waals surface area contributed by atoms with Crippen molar-refractivity contribution in [1.29, 1.82) is 0 Å². The number of fused-ring (bicyclic) bond motifs is 1. The highest BCUT2D eigenvalue weighted by Gasteiger charge is 2.20. The minimum Gasteiger partial charge on any atom is -0.399 e. The molecule has 2 aromatic rings. The van der Waals surface area contributed by atoms with Crippen molar-refractivity contribution in [2.75, 3.05) is 24.6 Å². The van der Waals surface area contributed by atoms with Crippen LogP contribution in [0.15, 0.2) is 23.4 Å². The fourth-order valence-electron chi connectivity index (χ4n) is 2.55. The Morgan fingerprint density at radius 3 is 3.00 bits per heavy atom. The maximum absolute atomic E-state index is 12.2. The van der Waals surface area contributed by atoms with Crippen LogP contribution in [0.25, 0.3) is 11.0 Å². The summed E-state index contributed by atoms with van der Waals surface area (Å²) in [5.41, 5.74) is 8.25. The third-order valence-electron chi connectivity index (χ3n) is 3.95. The van der Waals surface area contributed by atoms with Crippen molar-refractivity contribution >= 4 is 34.4 Å². The van der Waals surface area contributed by atoms with Gasteiger partial charge in [-0.1, -0.05) is 18.7 Å². The number of nitrogen functional groups attached to an aromatic ring is 1. The number of imidazole rings is 1. The zero-order valence-corrected chi connectivity index (χ0v) is 12.9. The first-order valence-electron chi connectivity index (χ1n) is 7.27. The highest BCUT2D eigenvalue weighted by atomic mass is 32.2. The number of carbonyl (C=O) groups is 1. The highest BCUT2D eigenvalue weighted by Crippen LogP contribution is 2.22. The summed E-state index contributed by atoms with van der Waals surface area (Å²) < 4.78 is 0. The first-order valence-corrected chi connectivity index (χ1v) is 8.26. The molecule has 5 nitrogen and oxygen atoms in total. The predicted octanol–water partition coefficient (Wildman–Crippen LogP) is 2.50. The summed E-state index contributed by atoms with van der Waals surface area (Å²) in [6.07, 6.45) is 2.22. The Bertz CT molecular complexity index is 646. The van der Waals surface area contributed by atoms with Gasteiger partial charge in [0.15, 0.2) is 5.16 Å². The van der Waals surface area contributed by atoms with Crippen LogP contribution in [0.1, 0.15) is 19.8 Å². The minimum atomic E-state index is 0.201. The summed E-state index contributed by atoms with van der Waals surface area (Å²) in [6, 6.07) is 5.58. The lowest BCUT2D eigenvalue weighted by Crippen LogP contribution is -2.38. The molecule has 6 heteroatoms. The molecule has 2 heterocycles. The largest absolute Gasteiger partial charge is 0.399 e. The maximum atomic E-state index is 12.2. The fraction of sp³-hybridized carbons (Fsp3) is 0.467. The molecule has 1 fully saturated rings. The van der Waals surface area contributed by atoms with Gasteiger partial charge in [-0.15, -0.1) is 0 Å². The fourth-order valence-corrected chi connectivity index (χ4v) is 3.34. The van der Waals surface area contributed by atoms with E-state index in [1.807, 2.05) is 23.1 Å². The Kier molecular flexibility index (Phi) is 4.05. The number of carbonyl (C=O) groups excluding carboxylic acids is 1. The van der Waals surface area contributed by atoms with E-state index in [2.05, 4.69) is 16.9 Å². The van der Waals surface area contributed by atoms with Crippen molar-refractivity contribution < 1.29 is 4.79 Å². The molecule has 0 unspecified atom stereocenters. The van der Waals surface area contributed by atoms with Crippen molar-refractivity contribution in [3.8, 4) is 0 Å². The Labute approximate surface area is 128 Å². The van der Waals surface area contributed by atoms with Gasteiger partial charge in [0, 0.05) is 18.8 Å². The lowest BCUT2D eigenvalue weighted by molar-refractivity contribution is -0.129. The molecule has 3 N–H and O–H groups in total. The third-order valence-corrected chi connectivity index (χ3v) is 4.81. The van der Waals surface area contributed by atoms with E-state index in [0.29, 0.717) is 11.4 Å². The van der Waals surface area contributed by atoms with Gasteiger partial charge in [-0.2, -0.15) is 0 Å². The van der Waals surface area contributed by atoms with Crippen molar-refractivity contribution in [2.24, 2.45) is 5.92 Å². The molecule has 112 valence electrons. The molecule has 1 amide bonds. The van der Waals surface area contributed by atoms with Gasteiger partial charge < -0.3 is 15.6 Å². The molecule has 21 heavy (non-hydrogen) atoms. The van der Waals surface area contributed by atoms with Gasteiger partial charge in [0.05, 0.1) is 16.8 Å². The van der Waals surface area contributed by atoms with Crippen LogP contribution in [0.2, 0.25) is 0 Å². The van der Waals surface area contributed by atoms with Crippen LogP contribution in [-0.2, 0) is 4.79 Å². The zero-order valence-electron chi connectivity index (χ0n) is 12.1. The Hall–Kier alpha value is -1.69. The number of nitrogens with one attached hydrogen (secondary N) is 1. The second-order valence-corrected chi connectivity index (χ2v) is 6.63. The summed E-state index contributed by atoms with van der Waals surface area (Å²) >= 11 is 1.46. The summed E-state index contributed by atoms with van der Waals surface area (Å²) in [5, 5.41) is 0.773. The molecule has 1 aliphatic rings. The summed E-state index contributed by atoms with van der Waals surface area (Å²) in [6.45, 7) is 4.02. The van der Waals surface area contributed by atoms with E-state index in [9.17, 15) is 4.79 Å². The van der Waals surface area contributed by atoms with E-state index in [-0.39, 0.29) is 5.91 Å². The average molecular weight is 304 g/mol. The number of likely N-dealkylation sites (tertiary alicyclic amines) is 1. The van der Waals surface area contributed by atoms with Crippen LogP contribution in [0.5, 0.6) is 0 Å². The van der Waals surface area contributed by atoms with Gasteiger partial charge >= 0.3 is 0 Å². The standard InChI is InChI=1S/C15H20N4OS/c1-10-4-6-19(7-5-10)14(20)9-21-15-17-12-3-2-11(16)8-13(12)18-15/h2-3,8,10H,4-7,9,16H2,1H3,(H,17,18). The number of hydrogen-bond donors (Lipinski definition) is 2. The van der Waals surface area contributed by atoms with Crippen LogP contribution >= 0.6 is 11.8 Å². The van der Waals surface area contributed by atoms with Crippen molar-refractivity contribution in [2.45, 2.75) is 24.9 Å². The predicted molar refractivity (Wildman–Crippen MR) is 86.2 cm³/mol. The van der Waals surface area contributed by atoms with Crippen molar-refractivity contribution in [3.05, 3.63) is 18.2 Å². The third kappa shape index (κ3) is 3.32. The summed E-state index contributed by atoms with van der Waals surface area (Å²) in [5.74, 6) is 1.37. The first-order chi connectivity index (χ1) is 10.1. The van der Waals surface area contributed by atoms with E-state index >= 15 is 0 Å². The van der Waals surface area contributed by atoms with E-state index in [1.54, 1.807) is 0 Å². The van der Waals surface area contributed by atoms with Gasteiger partial charge in [0.25, 0.3) is 0 Å². The number of amides is 1. The first kappa shape index (κ1) is 14.3. The zero-order chi connectivity index (χ0) is 14.8. The van der Waals surface area contributed by atoms with Gasteiger partial charge in [-0.3, -0.25) is 4.79 Å². The normalized spacial score (nSPS) is 16.5. The second kappa shape index (κ2) is 5.97. The SMILES string of the molecule is CC1CCN(C(=O)CSc2nc3ccc(N)cc3[nH]2)CC1. The van der Waals surface area contributed by atoms with E-state index < -0.39 is 0 Å². The van der Waals surface area contributed by atoms with Gasteiger partial charge in [-0.25, -0.2) is 4.98 Å². The topological polar surface area (TPSA) is 75.0 Å². The van der Waals surface area contributed by atoms with Crippen LogP contribution in [0.4, 0.5) is 5.69 Å². The van der Waals surface area contributed by atoms with Gasteiger partial charge in [-0.05, 0) is 37.0 Å². The summed E-state index contributed by atoms with van der Waals surface area (Å²) in [7, 11) is 0. The van der Waals surface area contributed by atoms with Crippen molar-refractivity contribution in [3.63, 3.8) is 0 Å². The monoisotopic (exact) mass is 304 g/mol. The number of aromatic amines is 1. The minimum absolute atomic E-state index is 0.201. The lowest BCUT2D eigenvalue weighted by atomic mass is 9.99. The highest BCUT2D eigenvalue weighted by molar-refractivity contribution is 7.99. The molecule has 3 rings (SSSR count). The molecule has 0 aliphatic carbocycles. The molecule has 0 bridgehead atoms. The van der Waals surface area contributed by atoms with E-state index in [1.165, 1.54) is 11.8 Å². The number of thioether (sulfide) groups is 1. The molecule has 1 aromatic heterocycles. The molecular weight excluding hydrogens is 284 g/mol. The number of benzene rings is 1. The number of H-pyrrole nitrogens is 1. The van der Waals surface area contributed by atoms with Crippen LogP contribution in [-0.4, -0.2) is 39.6 Å². The van der Waals surface area contributed by atoms with Crippen LogP contribution < -0.4 is 5.73 Å². The van der Waals surface area contributed by atoms with E-state index in [0.717, 1.165) is 48.0 Å². The number of rotatable bonds is 3. The molecule has 0 spiro atoms. The Morgan fingerprint density at radius 2 is 2.24 bits per heavy atom. The summed E-state index contributed by atoms with van der Waals surface area (Å²) in [4.78, 5) is 21.8. The van der Waals surface area contributed by atoms with Gasteiger partial charge in [0.1, 0.15) is 0 Å². The van der Waals surface area contributed by atoms with Gasteiger partial charge in [0.2, 0.25) is 5.91 Å². The second-order valence-electron chi connectivity index (χ2n) is 5.67. The number of nitrogens with zero attached hydrogens (tertiary/aromatic N) is 2. The van der Waals surface area contributed by atoms with E-state index in [4.69, 9.17) is 5.73 Å². The molecule has 0 saturated carbocycles. The van der Waals surface area contributed by atoms with Crippen LogP contribution in [0, 0.1) is 5.92 Å². The number of anilines is 1. The molecule has 0 atom stereocenters.